The van der Waals surface area contributed by atoms with Gasteiger partial charge >= 0.3 is 8.56 Å². The van der Waals surface area contributed by atoms with Crippen molar-refractivity contribution in [1.29, 1.82) is 0 Å². The van der Waals surface area contributed by atoms with Gasteiger partial charge in [-0.3, -0.25) is 0 Å². The van der Waals surface area contributed by atoms with Crippen molar-refractivity contribution in [2.45, 2.75) is 70.6 Å². The first kappa shape index (κ1) is 21.5. The van der Waals surface area contributed by atoms with Crippen LogP contribution in [0.2, 0.25) is 51.4 Å². The minimum Gasteiger partial charge on any atom is -0.437 e. The van der Waals surface area contributed by atoms with Crippen molar-refractivity contribution in [2.24, 2.45) is 5.92 Å². The maximum Gasteiger partial charge on any atom is 0.311 e. The maximum atomic E-state index is 6.63. The van der Waals surface area contributed by atoms with E-state index < -0.39 is 25.2 Å². The molecule has 23 heavy (non-hydrogen) atoms. The van der Waals surface area contributed by atoms with Crippen LogP contribution in [0.1, 0.15) is 19.3 Å². The number of hydrogen-bond acceptors (Lipinski definition) is 4. The molecule has 138 valence electrons. The van der Waals surface area contributed by atoms with Gasteiger partial charge in [-0.25, -0.2) is 0 Å². The van der Waals surface area contributed by atoms with Gasteiger partial charge in [0, 0.05) is 19.6 Å². The predicted octanol–water partition coefficient (Wildman–Crippen LogP) is 4.59. The first-order chi connectivity index (χ1) is 10.6. The van der Waals surface area contributed by atoms with Crippen molar-refractivity contribution in [3.8, 4) is 0 Å². The summed E-state index contributed by atoms with van der Waals surface area (Å²) in [6.07, 6.45) is 3.65. The van der Waals surface area contributed by atoms with Crippen molar-refractivity contribution in [2.75, 3.05) is 26.9 Å². The smallest absolute Gasteiger partial charge is 0.311 e. The highest BCUT2D eigenvalue weighted by Gasteiger charge is 2.39. The van der Waals surface area contributed by atoms with Gasteiger partial charge in [0.2, 0.25) is 0 Å². The second kappa shape index (κ2) is 9.26. The molecule has 0 radical (unpaired) electrons. The Morgan fingerprint density at radius 3 is 1.83 bits per heavy atom. The van der Waals surface area contributed by atoms with E-state index in [-0.39, 0.29) is 0 Å². The molecule has 1 rings (SSSR count). The summed E-state index contributed by atoms with van der Waals surface area (Å²) in [5.41, 5.74) is 0. The molecule has 0 spiro atoms. The van der Waals surface area contributed by atoms with Crippen LogP contribution >= 0.6 is 0 Å². The third kappa shape index (κ3) is 9.52. The monoisotopic (exact) mass is 378 g/mol. The lowest BCUT2D eigenvalue weighted by Gasteiger charge is -2.39. The first-order valence-corrected chi connectivity index (χ1v) is 18.1. The Morgan fingerprint density at radius 2 is 1.39 bits per heavy atom. The Kier molecular flexibility index (Phi) is 8.67. The normalized spacial score (nSPS) is 17.3. The van der Waals surface area contributed by atoms with Gasteiger partial charge in [-0.2, -0.15) is 0 Å². The van der Waals surface area contributed by atoms with Gasteiger partial charge in [0.25, 0.3) is 0 Å². The summed E-state index contributed by atoms with van der Waals surface area (Å²) in [7, 11) is -3.58. The van der Waals surface area contributed by atoms with E-state index in [1.54, 1.807) is 7.11 Å². The summed E-state index contributed by atoms with van der Waals surface area (Å²) < 4.78 is 23.6. The van der Waals surface area contributed by atoms with E-state index in [4.69, 9.17) is 17.7 Å². The van der Waals surface area contributed by atoms with E-state index in [2.05, 4.69) is 39.3 Å². The molecule has 0 amide bonds. The molecule has 1 aliphatic rings. The molecule has 1 saturated heterocycles. The van der Waals surface area contributed by atoms with E-state index in [9.17, 15) is 0 Å². The second-order valence-corrected chi connectivity index (χ2v) is 21.0. The highest BCUT2D eigenvalue weighted by molar-refractivity contribution is 6.87. The van der Waals surface area contributed by atoms with Crippen LogP contribution in [0.4, 0.5) is 0 Å². The summed E-state index contributed by atoms with van der Waals surface area (Å²) >= 11 is 0. The molecule has 7 heteroatoms. The summed E-state index contributed by atoms with van der Waals surface area (Å²) in [5, 5.41) is 0. The average molecular weight is 379 g/mol. The van der Waals surface area contributed by atoms with E-state index in [1.807, 2.05) is 0 Å². The molecule has 0 aromatic carbocycles. The lowest BCUT2D eigenvalue weighted by Crippen LogP contribution is -2.52. The minimum absolute atomic E-state index is 0.799. The lowest BCUT2D eigenvalue weighted by molar-refractivity contribution is -0.0357. The molecule has 1 heterocycles. The van der Waals surface area contributed by atoms with Crippen LogP contribution in [0.5, 0.6) is 0 Å². The van der Waals surface area contributed by atoms with Crippen molar-refractivity contribution in [3.63, 3.8) is 0 Å². The van der Waals surface area contributed by atoms with Crippen molar-refractivity contribution >= 4 is 25.2 Å². The third-order valence-corrected chi connectivity index (χ3v) is 15.7. The molecule has 0 N–H and O–H groups in total. The Hall–Kier alpha value is 0.491. The van der Waals surface area contributed by atoms with E-state index in [0.717, 1.165) is 38.2 Å². The Bertz CT molecular complexity index is 344. The van der Waals surface area contributed by atoms with E-state index in [1.165, 1.54) is 18.9 Å². The molecule has 0 saturated carbocycles. The summed E-state index contributed by atoms with van der Waals surface area (Å²) in [4.78, 5) is 0. The molecule has 0 aromatic rings. The second-order valence-electron chi connectivity index (χ2n) is 8.52. The summed E-state index contributed by atoms with van der Waals surface area (Å²) in [6, 6.07) is 2.37. The van der Waals surface area contributed by atoms with Crippen LogP contribution in [-0.2, 0) is 17.7 Å². The molecule has 1 aliphatic heterocycles. The zero-order chi connectivity index (χ0) is 17.6. The fourth-order valence-corrected chi connectivity index (χ4v) is 17.4. The highest BCUT2D eigenvalue weighted by atomic mass is 28.5. The van der Waals surface area contributed by atoms with Crippen LogP contribution in [0, 0.1) is 5.92 Å². The quantitative estimate of drug-likeness (QED) is 0.367. The van der Waals surface area contributed by atoms with E-state index in [0.29, 0.717) is 0 Å². The standard InChI is InChI=1S/C16H38O4Si3/c1-17-11-9-13-22(4,5)20-23(6,7)19-21(2,3)12-8-10-16-14-18-15-16/h16H,8-15H2,1-7H3. The highest BCUT2D eigenvalue weighted by Crippen LogP contribution is 2.27. The number of rotatable bonds is 12. The predicted molar refractivity (Wildman–Crippen MR) is 104 cm³/mol. The van der Waals surface area contributed by atoms with Crippen molar-refractivity contribution in [1.82, 2.24) is 0 Å². The van der Waals surface area contributed by atoms with Crippen LogP contribution in [0.15, 0.2) is 0 Å². The lowest BCUT2D eigenvalue weighted by atomic mass is 10.0. The fourth-order valence-electron chi connectivity index (χ4n) is 3.36. The van der Waals surface area contributed by atoms with Gasteiger partial charge < -0.3 is 17.7 Å². The van der Waals surface area contributed by atoms with Crippen LogP contribution in [0.25, 0.3) is 0 Å². The van der Waals surface area contributed by atoms with Gasteiger partial charge in [-0.05, 0) is 64.2 Å². The van der Waals surface area contributed by atoms with E-state index >= 15 is 0 Å². The zero-order valence-corrected chi connectivity index (χ0v) is 19.4. The minimum atomic E-state index is -2.05. The molecule has 0 aromatic heterocycles. The zero-order valence-electron chi connectivity index (χ0n) is 16.4. The van der Waals surface area contributed by atoms with Crippen LogP contribution in [-0.4, -0.2) is 52.1 Å². The van der Waals surface area contributed by atoms with Crippen molar-refractivity contribution < 1.29 is 17.7 Å². The number of hydrogen-bond donors (Lipinski definition) is 0. The van der Waals surface area contributed by atoms with Crippen LogP contribution in [0.3, 0.4) is 0 Å². The topological polar surface area (TPSA) is 36.9 Å². The average Bonchev–Trinajstić information content (AvgIpc) is 2.29. The SMILES string of the molecule is COCCC[Si](C)(C)O[Si](C)(C)O[Si](C)(C)CCCC1COC1. The maximum absolute atomic E-state index is 6.63. The molecule has 0 unspecified atom stereocenters. The van der Waals surface area contributed by atoms with Crippen LogP contribution < -0.4 is 0 Å². The number of ether oxygens (including phenoxy) is 2. The molecular formula is C16H38O4Si3. The van der Waals surface area contributed by atoms with Gasteiger partial charge in [-0.1, -0.05) is 6.42 Å². The largest absolute Gasteiger partial charge is 0.437 e. The van der Waals surface area contributed by atoms with Gasteiger partial charge in [-0.15, -0.1) is 0 Å². The van der Waals surface area contributed by atoms with Gasteiger partial charge in [0.15, 0.2) is 16.6 Å². The summed E-state index contributed by atoms with van der Waals surface area (Å²) in [5.74, 6) is 0.799. The molecule has 0 bridgehead atoms. The first-order valence-electron chi connectivity index (χ1n) is 9.02. The molecule has 0 aliphatic carbocycles. The fraction of sp³-hybridized carbons (Fsp3) is 1.00. The Labute approximate surface area is 146 Å². The third-order valence-electron chi connectivity index (χ3n) is 4.27. The Morgan fingerprint density at radius 1 is 0.870 bits per heavy atom. The van der Waals surface area contributed by atoms with Gasteiger partial charge in [0.1, 0.15) is 0 Å². The molecule has 4 nitrogen and oxygen atoms in total. The number of methoxy groups -OCH3 is 1. The molecular weight excluding hydrogens is 340 g/mol. The van der Waals surface area contributed by atoms with Crippen molar-refractivity contribution in [3.05, 3.63) is 0 Å². The molecule has 0 atom stereocenters. The Balaban J connectivity index is 2.37. The molecule has 1 fully saturated rings. The summed E-state index contributed by atoms with van der Waals surface area (Å²) in [6.45, 7) is 16.5. The van der Waals surface area contributed by atoms with Gasteiger partial charge in [0.05, 0.1) is 13.2 Å².